The van der Waals surface area contributed by atoms with Crippen molar-refractivity contribution in [2.45, 2.75) is 25.4 Å². The maximum atomic E-state index is 10.7. The molecule has 5 heteroatoms. The summed E-state index contributed by atoms with van der Waals surface area (Å²) in [6, 6.07) is 0. The van der Waals surface area contributed by atoms with Crippen molar-refractivity contribution >= 4 is 0 Å². The topological polar surface area (TPSA) is 67.0 Å². The normalized spacial score (nSPS) is 22.0. The van der Waals surface area contributed by atoms with Crippen molar-refractivity contribution in [3.63, 3.8) is 0 Å². The van der Waals surface area contributed by atoms with Gasteiger partial charge < -0.3 is 15.0 Å². The van der Waals surface area contributed by atoms with Crippen LogP contribution in [0.2, 0.25) is 0 Å². The number of ether oxygens (including phenoxy) is 1. The summed E-state index contributed by atoms with van der Waals surface area (Å²) in [6.07, 6.45) is 6.62. The highest BCUT2D eigenvalue weighted by molar-refractivity contribution is 5.10. The van der Waals surface area contributed by atoms with Gasteiger partial charge in [-0.1, -0.05) is 0 Å². The Morgan fingerprint density at radius 3 is 3.20 bits per heavy atom. The zero-order valence-corrected chi connectivity index (χ0v) is 8.53. The summed E-state index contributed by atoms with van der Waals surface area (Å²) in [4.78, 5) is 16.8. The van der Waals surface area contributed by atoms with E-state index < -0.39 is 0 Å². The summed E-state index contributed by atoms with van der Waals surface area (Å²) in [5.41, 5.74) is -0.346. The third-order valence-electron chi connectivity index (χ3n) is 2.45. The van der Waals surface area contributed by atoms with E-state index in [2.05, 4.69) is 15.3 Å². The molecule has 1 aliphatic rings. The number of nitrogens with zero attached hydrogens (tertiary/aromatic N) is 1. The summed E-state index contributed by atoms with van der Waals surface area (Å²) < 4.78 is 5.70. The summed E-state index contributed by atoms with van der Waals surface area (Å²) in [5.74, 6) is 0.628. The summed E-state index contributed by atoms with van der Waals surface area (Å²) >= 11 is 0. The van der Waals surface area contributed by atoms with E-state index in [9.17, 15) is 4.79 Å². The van der Waals surface area contributed by atoms with Crippen LogP contribution in [0.1, 0.15) is 19.3 Å². The van der Waals surface area contributed by atoms with E-state index in [-0.39, 0.29) is 11.8 Å². The molecule has 1 aromatic heterocycles. The van der Waals surface area contributed by atoms with Crippen LogP contribution in [-0.4, -0.2) is 29.2 Å². The molecule has 1 unspecified atom stereocenters. The minimum atomic E-state index is -0.346. The lowest BCUT2D eigenvalue weighted by Gasteiger charge is -2.16. The van der Waals surface area contributed by atoms with Gasteiger partial charge in [-0.2, -0.15) is 4.98 Å². The lowest BCUT2D eigenvalue weighted by molar-refractivity contribution is 0.193. The van der Waals surface area contributed by atoms with Crippen molar-refractivity contribution in [3.05, 3.63) is 22.9 Å². The Bertz CT molecular complexity index is 335. The van der Waals surface area contributed by atoms with Crippen LogP contribution >= 0.6 is 0 Å². The number of rotatable bonds is 2. The van der Waals surface area contributed by atoms with E-state index in [1.807, 2.05) is 0 Å². The Morgan fingerprint density at radius 2 is 2.40 bits per heavy atom. The van der Waals surface area contributed by atoms with Crippen molar-refractivity contribution in [2.24, 2.45) is 0 Å². The van der Waals surface area contributed by atoms with Gasteiger partial charge in [0.15, 0.2) is 5.75 Å². The van der Waals surface area contributed by atoms with E-state index in [0.717, 1.165) is 19.5 Å². The Kier molecular flexibility index (Phi) is 3.34. The Morgan fingerprint density at radius 1 is 1.47 bits per heavy atom. The number of aromatic nitrogens is 2. The average Bonchev–Trinajstić information content (AvgIpc) is 2.50. The molecule has 0 amide bonds. The van der Waals surface area contributed by atoms with Crippen LogP contribution in [0.4, 0.5) is 0 Å². The SMILES string of the molecule is O=c1ncc(OC2CCCCNC2)c[nH]1. The van der Waals surface area contributed by atoms with Crippen LogP contribution in [0.15, 0.2) is 17.2 Å². The molecule has 15 heavy (non-hydrogen) atoms. The number of nitrogens with one attached hydrogen (secondary N) is 2. The van der Waals surface area contributed by atoms with Gasteiger partial charge in [-0.05, 0) is 25.8 Å². The fourth-order valence-corrected chi connectivity index (χ4v) is 1.67. The van der Waals surface area contributed by atoms with Gasteiger partial charge in [0, 0.05) is 12.7 Å². The molecule has 0 saturated carbocycles. The predicted molar refractivity (Wildman–Crippen MR) is 56.0 cm³/mol. The van der Waals surface area contributed by atoms with E-state index in [1.54, 1.807) is 6.20 Å². The lowest BCUT2D eigenvalue weighted by Crippen LogP contribution is -2.29. The molecule has 0 radical (unpaired) electrons. The second-order valence-corrected chi connectivity index (χ2v) is 3.69. The maximum absolute atomic E-state index is 10.7. The first-order chi connectivity index (χ1) is 7.34. The molecule has 2 rings (SSSR count). The highest BCUT2D eigenvalue weighted by Crippen LogP contribution is 2.12. The van der Waals surface area contributed by atoms with Crippen molar-refractivity contribution in [1.82, 2.24) is 15.3 Å². The van der Waals surface area contributed by atoms with Gasteiger partial charge in [-0.3, -0.25) is 0 Å². The molecule has 82 valence electrons. The number of H-pyrrole nitrogens is 1. The molecule has 1 fully saturated rings. The molecular weight excluding hydrogens is 194 g/mol. The van der Waals surface area contributed by atoms with Gasteiger partial charge in [0.1, 0.15) is 6.10 Å². The largest absolute Gasteiger partial charge is 0.486 e. The molecule has 1 aromatic rings. The lowest BCUT2D eigenvalue weighted by atomic mass is 10.2. The van der Waals surface area contributed by atoms with Gasteiger partial charge in [-0.15, -0.1) is 0 Å². The van der Waals surface area contributed by atoms with Crippen molar-refractivity contribution in [2.75, 3.05) is 13.1 Å². The molecule has 5 nitrogen and oxygen atoms in total. The minimum Gasteiger partial charge on any atom is -0.486 e. The standard InChI is InChI=1S/C10H15N3O2/c14-10-12-6-9(7-13-10)15-8-3-1-2-4-11-5-8/h6-8,11H,1-5H2,(H,12,13,14). The molecule has 1 saturated heterocycles. The molecule has 0 aliphatic carbocycles. The number of hydrogen-bond acceptors (Lipinski definition) is 4. The van der Waals surface area contributed by atoms with E-state index >= 15 is 0 Å². The Labute approximate surface area is 87.9 Å². The zero-order valence-electron chi connectivity index (χ0n) is 8.53. The number of aromatic amines is 1. The van der Waals surface area contributed by atoms with Crippen LogP contribution < -0.4 is 15.7 Å². The van der Waals surface area contributed by atoms with Gasteiger partial charge in [0.05, 0.1) is 6.20 Å². The van der Waals surface area contributed by atoms with E-state index in [1.165, 1.54) is 19.0 Å². The van der Waals surface area contributed by atoms with Gasteiger partial charge >= 0.3 is 5.69 Å². The van der Waals surface area contributed by atoms with Crippen LogP contribution in [-0.2, 0) is 0 Å². The van der Waals surface area contributed by atoms with Crippen LogP contribution in [0, 0.1) is 0 Å². The molecule has 0 aromatic carbocycles. The van der Waals surface area contributed by atoms with Crippen LogP contribution in [0.25, 0.3) is 0 Å². The number of hydrogen-bond donors (Lipinski definition) is 2. The molecular formula is C10H15N3O2. The molecule has 2 N–H and O–H groups in total. The highest BCUT2D eigenvalue weighted by Gasteiger charge is 2.13. The first-order valence-electron chi connectivity index (χ1n) is 5.27. The molecule has 0 bridgehead atoms. The van der Waals surface area contributed by atoms with Gasteiger partial charge in [0.25, 0.3) is 0 Å². The molecule has 1 aliphatic heterocycles. The van der Waals surface area contributed by atoms with Crippen LogP contribution in [0.3, 0.4) is 0 Å². The van der Waals surface area contributed by atoms with Crippen LogP contribution in [0.5, 0.6) is 5.75 Å². The minimum absolute atomic E-state index is 0.181. The fraction of sp³-hybridized carbons (Fsp3) is 0.600. The Balaban J connectivity index is 1.95. The summed E-state index contributed by atoms with van der Waals surface area (Å²) in [7, 11) is 0. The van der Waals surface area contributed by atoms with Crippen molar-refractivity contribution in [1.29, 1.82) is 0 Å². The summed E-state index contributed by atoms with van der Waals surface area (Å²) in [6.45, 7) is 1.92. The quantitative estimate of drug-likeness (QED) is 0.734. The first-order valence-corrected chi connectivity index (χ1v) is 5.27. The third kappa shape index (κ3) is 3.06. The van der Waals surface area contributed by atoms with E-state index in [0.29, 0.717) is 5.75 Å². The molecule has 2 heterocycles. The zero-order chi connectivity index (χ0) is 10.5. The average molecular weight is 209 g/mol. The Hall–Kier alpha value is -1.36. The van der Waals surface area contributed by atoms with E-state index in [4.69, 9.17) is 4.74 Å². The third-order valence-corrected chi connectivity index (χ3v) is 2.45. The van der Waals surface area contributed by atoms with Crippen molar-refractivity contribution < 1.29 is 4.74 Å². The maximum Gasteiger partial charge on any atom is 0.345 e. The monoisotopic (exact) mass is 209 g/mol. The second-order valence-electron chi connectivity index (χ2n) is 3.69. The highest BCUT2D eigenvalue weighted by atomic mass is 16.5. The second kappa shape index (κ2) is 4.93. The molecule has 1 atom stereocenters. The smallest absolute Gasteiger partial charge is 0.345 e. The molecule has 0 spiro atoms. The predicted octanol–water partition coefficient (Wildman–Crippen LogP) is 0.291. The van der Waals surface area contributed by atoms with Crippen molar-refractivity contribution in [3.8, 4) is 5.75 Å². The van der Waals surface area contributed by atoms with Gasteiger partial charge in [0.2, 0.25) is 0 Å². The fourth-order valence-electron chi connectivity index (χ4n) is 1.67. The summed E-state index contributed by atoms with van der Waals surface area (Å²) in [5, 5.41) is 3.31. The first kappa shape index (κ1) is 10.2. The van der Waals surface area contributed by atoms with Gasteiger partial charge in [-0.25, -0.2) is 4.79 Å².